The van der Waals surface area contributed by atoms with Gasteiger partial charge in [0.2, 0.25) is 0 Å². The van der Waals surface area contributed by atoms with Crippen LogP contribution in [0.5, 0.6) is 5.75 Å². The second kappa shape index (κ2) is 10.9. The number of hydrogen-bond donors (Lipinski definition) is 2. The normalized spacial score (nSPS) is 15.9. The van der Waals surface area contributed by atoms with Crippen molar-refractivity contribution in [1.82, 2.24) is 9.88 Å². The molecule has 0 spiro atoms. The highest BCUT2D eigenvalue weighted by atomic mass is 32.2. The quantitative estimate of drug-likeness (QED) is 0.369. The Hall–Kier alpha value is -2.82. The minimum Gasteiger partial charge on any atom is -0.491 e. The maximum absolute atomic E-state index is 14.6. The van der Waals surface area contributed by atoms with E-state index in [4.69, 9.17) is 9.84 Å². The SMILES string of the molecule is CCN(CCO)C(F)(F)CCOc1ccc(-c2cccc(S(=O)(=O)CC)c2)c2c3c([nH]c12)=NCC(C)C=3. The molecule has 2 N–H and O–H groups in total. The molecule has 37 heavy (non-hydrogen) atoms. The van der Waals surface area contributed by atoms with Crippen molar-refractivity contribution in [2.45, 2.75) is 38.1 Å². The summed E-state index contributed by atoms with van der Waals surface area (Å²) >= 11 is 0. The highest BCUT2D eigenvalue weighted by Crippen LogP contribution is 2.33. The van der Waals surface area contributed by atoms with Crippen LogP contribution in [0, 0.1) is 5.92 Å². The van der Waals surface area contributed by atoms with E-state index in [9.17, 15) is 17.2 Å². The fraction of sp³-hybridized carbons (Fsp3) is 0.444. The van der Waals surface area contributed by atoms with E-state index < -0.39 is 22.3 Å². The number of aromatic nitrogens is 1. The smallest absolute Gasteiger partial charge is 0.308 e. The summed E-state index contributed by atoms with van der Waals surface area (Å²) in [6.07, 6.45) is 1.58. The highest BCUT2D eigenvalue weighted by molar-refractivity contribution is 7.91. The van der Waals surface area contributed by atoms with Gasteiger partial charge in [-0.2, -0.15) is 8.78 Å². The predicted octanol–water partition coefficient (Wildman–Crippen LogP) is 3.35. The van der Waals surface area contributed by atoms with E-state index in [-0.39, 0.29) is 42.9 Å². The van der Waals surface area contributed by atoms with Gasteiger partial charge in [0.1, 0.15) is 11.2 Å². The number of benzene rings is 2. The molecule has 0 amide bonds. The molecule has 1 aliphatic rings. The van der Waals surface area contributed by atoms with Crippen molar-refractivity contribution >= 4 is 26.8 Å². The molecule has 2 heterocycles. The van der Waals surface area contributed by atoms with E-state index >= 15 is 0 Å². The average molecular weight is 534 g/mol. The second-order valence-electron chi connectivity index (χ2n) is 9.23. The number of aliphatic hydroxyl groups is 1. The lowest BCUT2D eigenvalue weighted by Crippen LogP contribution is -2.44. The van der Waals surface area contributed by atoms with E-state index in [1.807, 2.05) is 12.1 Å². The molecule has 1 aliphatic heterocycles. The van der Waals surface area contributed by atoms with Crippen molar-refractivity contribution in [1.29, 1.82) is 0 Å². The Morgan fingerprint density at radius 1 is 1.24 bits per heavy atom. The van der Waals surface area contributed by atoms with Gasteiger partial charge in [-0.05, 0) is 41.3 Å². The molecule has 2 aromatic carbocycles. The van der Waals surface area contributed by atoms with E-state index in [0.717, 1.165) is 26.6 Å². The van der Waals surface area contributed by atoms with Gasteiger partial charge in [-0.15, -0.1) is 0 Å². The maximum Gasteiger partial charge on any atom is 0.308 e. The molecular weight excluding hydrogens is 500 g/mol. The fourth-order valence-corrected chi connectivity index (χ4v) is 5.58. The summed E-state index contributed by atoms with van der Waals surface area (Å²) in [6.45, 7) is 5.34. The molecular formula is C27H33F2N3O4S. The largest absolute Gasteiger partial charge is 0.491 e. The number of aromatic amines is 1. The number of ether oxygens (including phenoxy) is 1. The molecule has 4 rings (SSSR count). The first-order valence-electron chi connectivity index (χ1n) is 12.5. The third-order valence-corrected chi connectivity index (χ3v) is 8.41. The van der Waals surface area contributed by atoms with Crippen molar-refractivity contribution in [3.05, 3.63) is 47.1 Å². The first-order valence-corrected chi connectivity index (χ1v) is 14.2. The third kappa shape index (κ3) is 5.56. The first kappa shape index (κ1) is 27.2. The van der Waals surface area contributed by atoms with Gasteiger partial charge >= 0.3 is 6.05 Å². The topological polar surface area (TPSA) is 95.0 Å². The fourth-order valence-electron chi connectivity index (χ4n) is 4.65. The predicted molar refractivity (Wildman–Crippen MR) is 140 cm³/mol. The maximum atomic E-state index is 14.6. The van der Waals surface area contributed by atoms with Gasteiger partial charge in [0.15, 0.2) is 9.84 Å². The molecule has 0 saturated heterocycles. The highest BCUT2D eigenvalue weighted by Gasteiger charge is 2.35. The summed E-state index contributed by atoms with van der Waals surface area (Å²) < 4.78 is 60.1. The summed E-state index contributed by atoms with van der Waals surface area (Å²) in [6, 6.07) is 7.26. The number of H-pyrrole nitrogens is 1. The minimum absolute atomic E-state index is 0.000760. The minimum atomic E-state index is -3.39. The molecule has 0 radical (unpaired) electrons. The van der Waals surface area contributed by atoms with Crippen molar-refractivity contribution in [2.24, 2.45) is 10.9 Å². The van der Waals surface area contributed by atoms with Gasteiger partial charge in [-0.25, -0.2) is 13.3 Å². The third-order valence-electron chi connectivity index (χ3n) is 6.68. The number of fused-ring (bicyclic) bond motifs is 3. The Morgan fingerprint density at radius 3 is 2.73 bits per heavy atom. The van der Waals surface area contributed by atoms with Crippen LogP contribution in [-0.2, 0) is 9.84 Å². The Morgan fingerprint density at radius 2 is 2.03 bits per heavy atom. The van der Waals surface area contributed by atoms with Gasteiger partial charge in [0.25, 0.3) is 0 Å². The summed E-state index contributed by atoms with van der Waals surface area (Å²) in [4.78, 5) is 9.12. The first-order chi connectivity index (χ1) is 17.6. The molecule has 1 atom stereocenters. The number of halogens is 2. The molecule has 1 unspecified atom stereocenters. The lowest BCUT2D eigenvalue weighted by atomic mass is 9.98. The summed E-state index contributed by atoms with van der Waals surface area (Å²) in [5, 5.41) is 10.8. The zero-order chi connectivity index (χ0) is 26.8. The van der Waals surface area contributed by atoms with Crippen LogP contribution in [0.1, 0.15) is 27.2 Å². The van der Waals surface area contributed by atoms with Crippen molar-refractivity contribution in [2.75, 3.05) is 38.6 Å². The molecule has 0 saturated carbocycles. The number of hydrogen-bond acceptors (Lipinski definition) is 6. The van der Waals surface area contributed by atoms with E-state index in [1.165, 1.54) is 0 Å². The van der Waals surface area contributed by atoms with E-state index in [0.29, 0.717) is 23.3 Å². The molecule has 0 aliphatic carbocycles. The molecule has 0 fully saturated rings. The van der Waals surface area contributed by atoms with Crippen LogP contribution in [0.2, 0.25) is 0 Å². The molecule has 200 valence electrons. The van der Waals surface area contributed by atoms with Gasteiger partial charge < -0.3 is 14.8 Å². The summed E-state index contributed by atoms with van der Waals surface area (Å²) in [7, 11) is -3.39. The number of alkyl halides is 2. The van der Waals surface area contributed by atoms with Crippen LogP contribution in [0.3, 0.4) is 0 Å². The van der Waals surface area contributed by atoms with Crippen LogP contribution in [-0.4, -0.2) is 68.1 Å². The number of sulfone groups is 1. The standard InChI is InChI=1S/C27H33F2N3O4S/c1-4-32(12-13-33)27(28,29)11-14-36-23-10-9-21(19-7-6-8-20(16-19)37(34,35)5-2)24-22-15-18(3)17-30-26(22)31-25(23)24/h6-10,15-16,18,33H,4-5,11-14,17H2,1-3H3,(H,30,31). The zero-order valence-corrected chi connectivity index (χ0v) is 22.1. The Balaban J connectivity index is 1.76. The number of aliphatic hydroxyl groups excluding tert-OH is 1. The van der Waals surface area contributed by atoms with Crippen LogP contribution in [0.25, 0.3) is 28.1 Å². The lowest BCUT2D eigenvalue weighted by molar-refractivity contribution is -0.157. The Labute approximate surface area is 215 Å². The number of likely N-dealkylation sites (N-methyl/N-ethyl adjacent to an activating group) is 1. The van der Waals surface area contributed by atoms with Gasteiger partial charge in [-0.3, -0.25) is 4.99 Å². The zero-order valence-electron chi connectivity index (χ0n) is 21.3. The van der Waals surface area contributed by atoms with Crippen molar-refractivity contribution in [3.8, 4) is 16.9 Å². The van der Waals surface area contributed by atoms with Crippen LogP contribution in [0.15, 0.2) is 46.3 Å². The molecule has 7 nitrogen and oxygen atoms in total. The van der Waals surface area contributed by atoms with Crippen LogP contribution in [0.4, 0.5) is 8.78 Å². The summed E-state index contributed by atoms with van der Waals surface area (Å²) in [5.41, 5.74) is 2.85. The van der Waals surface area contributed by atoms with E-state index in [1.54, 1.807) is 38.1 Å². The second-order valence-corrected chi connectivity index (χ2v) is 11.5. The Bertz CT molecular complexity index is 1500. The van der Waals surface area contributed by atoms with Crippen molar-refractivity contribution in [3.63, 3.8) is 0 Å². The number of nitrogens with one attached hydrogen (secondary N) is 1. The number of nitrogens with zero attached hydrogens (tertiary/aromatic N) is 2. The number of rotatable bonds is 11. The van der Waals surface area contributed by atoms with Gasteiger partial charge in [-0.1, -0.05) is 39.0 Å². The molecule has 3 aromatic rings. The lowest BCUT2D eigenvalue weighted by Gasteiger charge is -2.29. The van der Waals surface area contributed by atoms with Gasteiger partial charge in [0.05, 0.1) is 35.8 Å². The average Bonchev–Trinajstić information content (AvgIpc) is 3.26. The monoisotopic (exact) mass is 533 g/mol. The van der Waals surface area contributed by atoms with Crippen LogP contribution < -0.4 is 15.4 Å². The molecule has 1 aromatic heterocycles. The molecule has 0 bridgehead atoms. The van der Waals surface area contributed by atoms with Crippen molar-refractivity contribution < 1.29 is 27.0 Å². The van der Waals surface area contributed by atoms with Gasteiger partial charge in [0, 0.05) is 30.2 Å². The molecule has 10 heteroatoms. The Kier molecular flexibility index (Phi) is 8.01. The van der Waals surface area contributed by atoms with E-state index in [2.05, 4.69) is 23.0 Å². The summed E-state index contributed by atoms with van der Waals surface area (Å²) in [5.74, 6) is 0.629. The van der Waals surface area contributed by atoms with Crippen LogP contribution >= 0.6 is 0 Å².